The first-order valence-corrected chi connectivity index (χ1v) is 12.7. The van der Waals surface area contributed by atoms with E-state index in [4.69, 9.17) is 16.6 Å². The van der Waals surface area contributed by atoms with Crippen molar-refractivity contribution in [2.75, 3.05) is 0 Å². The molecule has 0 saturated heterocycles. The van der Waals surface area contributed by atoms with Crippen LogP contribution in [-0.2, 0) is 7.05 Å². The van der Waals surface area contributed by atoms with E-state index in [1.54, 1.807) is 35.2 Å². The second-order valence-electron chi connectivity index (χ2n) is 8.60. The monoisotopic (exact) mass is 508 g/mol. The SMILES string of the molecule is Cn1c(=O)cc(-c2nc(-c3ccccc3)cs2)c2cc(C(c3ccc(Cl)cc3)n3ccnc3)ccc21. The number of benzene rings is 3. The Kier molecular flexibility index (Phi) is 5.76. The fraction of sp³-hybridized carbons (Fsp3) is 0.0690. The van der Waals surface area contributed by atoms with Gasteiger partial charge in [0.05, 0.1) is 23.6 Å². The minimum Gasteiger partial charge on any atom is -0.326 e. The maximum Gasteiger partial charge on any atom is 0.251 e. The number of pyridine rings is 1. The average molecular weight is 509 g/mol. The van der Waals surface area contributed by atoms with Crippen LogP contribution in [-0.4, -0.2) is 19.1 Å². The normalized spacial score (nSPS) is 12.2. The Morgan fingerprint density at radius 2 is 1.72 bits per heavy atom. The molecule has 3 aromatic carbocycles. The highest BCUT2D eigenvalue weighted by molar-refractivity contribution is 7.13. The Labute approximate surface area is 216 Å². The highest BCUT2D eigenvalue weighted by Crippen LogP contribution is 2.35. The van der Waals surface area contributed by atoms with E-state index in [0.717, 1.165) is 43.9 Å². The predicted octanol–water partition coefficient (Wildman–Crippen LogP) is 6.82. The second-order valence-corrected chi connectivity index (χ2v) is 9.89. The number of rotatable bonds is 5. The molecule has 0 aliphatic heterocycles. The highest BCUT2D eigenvalue weighted by Gasteiger charge is 2.19. The molecule has 0 radical (unpaired) electrons. The summed E-state index contributed by atoms with van der Waals surface area (Å²) >= 11 is 7.72. The van der Waals surface area contributed by atoms with E-state index >= 15 is 0 Å². The molecule has 6 aromatic rings. The van der Waals surface area contributed by atoms with Gasteiger partial charge in [-0.05, 0) is 35.4 Å². The molecule has 1 atom stereocenters. The number of hydrogen-bond acceptors (Lipinski definition) is 4. The number of nitrogens with zero attached hydrogens (tertiary/aromatic N) is 4. The first-order chi connectivity index (χ1) is 17.6. The third kappa shape index (κ3) is 4.04. The van der Waals surface area contributed by atoms with Crippen molar-refractivity contribution in [2.24, 2.45) is 7.05 Å². The van der Waals surface area contributed by atoms with Gasteiger partial charge < -0.3 is 9.13 Å². The van der Waals surface area contributed by atoms with Gasteiger partial charge in [0.2, 0.25) is 0 Å². The van der Waals surface area contributed by atoms with Crippen LogP contribution in [0.25, 0.3) is 32.7 Å². The van der Waals surface area contributed by atoms with Crippen molar-refractivity contribution < 1.29 is 0 Å². The number of fused-ring (bicyclic) bond motifs is 1. The maximum atomic E-state index is 12.9. The Hall–Kier alpha value is -4.00. The zero-order valence-corrected chi connectivity index (χ0v) is 20.9. The second kappa shape index (κ2) is 9.22. The summed E-state index contributed by atoms with van der Waals surface area (Å²) in [6, 6.07) is 25.8. The lowest BCUT2D eigenvalue weighted by molar-refractivity contribution is 0.677. The van der Waals surface area contributed by atoms with Gasteiger partial charge in [-0.2, -0.15) is 0 Å². The molecule has 176 valence electrons. The first kappa shape index (κ1) is 22.5. The molecule has 0 N–H and O–H groups in total. The number of thiazole rings is 1. The van der Waals surface area contributed by atoms with E-state index < -0.39 is 0 Å². The van der Waals surface area contributed by atoms with Gasteiger partial charge in [0.1, 0.15) is 5.01 Å². The van der Waals surface area contributed by atoms with E-state index in [2.05, 4.69) is 21.7 Å². The summed E-state index contributed by atoms with van der Waals surface area (Å²) in [5.74, 6) is 0. The quantitative estimate of drug-likeness (QED) is 0.257. The molecule has 0 saturated carbocycles. The summed E-state index contributed by atoms with van der Waals surface area (Å²) in [4.78, 5) is 22.1. The summed E-state index contributed by atoms with van der Waals surface area (Å²) in [6.45, 7) is 0. The maximum absolute atomic E-state index is 12.9. The van der Waals surface area contributed by atoms with Crippen LogP contribution in [0.4, 0.5) is 0 Å². The van der Waals surface area contributed by atoms with Gasteiger partial charge in [-0.15, -0.1) is 11.3 Å². The first-order valence-electron chi connectivity index (χ1n) is 11.5. The molecule has 36 heavy (non-hydrogen) atoms. The van der Waals surface area contributed by atoms with E-state index in [0.29, 0.717) is 5.02 Å². The van der Waals surface area contributed by atoms with Crippen LogP contribution in [0.1, 0.15) is 17.2 Å². The fourth-order valence-electron chi connectivity index (χ4n) is 4.57. The van der Waals surface area contributed by atoms with Crippen molar-refractivity contribution in [3.63, 3.8) is 0 Å². The highest BCUT2D eigenvalue weighted by atomic mass is 35.5. The molecule has 7 heteroatoms. The summed E-state index contributed by atoms with van der Waals surface area (Å²) in [5, 5.41) is 4.53. The Balaban J connectivity index is 1.54. The number of imidazole rings is 1. The molecular formula is C29H21ClN4OS. The predicted molar refractivity (Wildman–Crippen MR) is 147 cm³/mol. The summed E-state index contributed by atoms with van der Waals surface area (Å²) in [6.07, 6.45) is 5.55. The molecule has 0 aliphatic carbocycles. The minimum atomic E-state index is -0.101. The van der Waals surface area contributed by atoms with Crippen LogP contribution in [0.5, 0.6) is 0 Å². The summed E-state index contributed by atoms with van der Waals surface area (Å²) < 4.78 is 3.76. The van der Waals surface area contributed by atoms with Gasteiger partial charge in [-0.25, -0.2) is 9.97 Å². The molecule has 3 heterocycles. The standard InChI is InChI=1S/C29H21ClN4OS/c1-33-26-12-9-21(28(34-14-13-31-18-34)20-7-10-22(30)11-8-20)15-23(26)24(16-27(33)35)29-32-25(17-36-29)19-5-3-2-4-6-19/h2-18,28H,1H3. The molecule has 0 aliphatic rings. The van der Waals surface area contributed by atoms with Gasteiger partial charge >= 0.3 is 0 Å². The van der Waals surface area contributed by atoms with E-state index in [9.17, 15) is 4.79 Å². The van der Waals surface area contributed by atoms with Crippen LogP contribution in [0, 0.1) is 0 Å². The van der Waals surface area contributed by atoms with Crippen LogP contribution < -0.4 is 5.56 Å². The molecule has 0 amide bonds. The third-order valence-corrected chi connectivity index (χ3v) is 7.53. The van der Waals surface area contributed by atoms with Crippen molar-refractivity contribution in [2.45, 2.75) is 6.04 Å². The Bertz CT molecular complexity index is 1720. The Morgan fingerprint density at radius 3 is 2.47 bits per heavy atom. The van der Waals surface area contributed by atoms with Crippen LogP contribution in [0.3, 0.4) is 0 Å². The molecule has 6 rings (SSSR count). The molecule has 1 unspecified atom stereocenters. The lowest BCUT2D eigenvalue weighted by Gasteiger charge is -2.21. The fourth-order valence-corrected chi connectivity index (χ4v) is 5.55. The van der Waals surface area contributed by atoms with E-state index in [-0.39, 0.29) is 11.6 Å². The molecule has 3 aromatic heterocycles. The molecule has 0 spiro atoms. The van der Waals surface area contributed by atoms with Gasteiger partial charge in [-0.3, -0.25) is 4.79 Å². The van der Waals surface area contributed by atoms with Crippen molar-refractivity contribution in [1.29, 1.82) is 0 Å². The van der Waals surface area contributed by atoms with Crippen molar-refractivity contribution in [3.8, 4) is 21.8 Å². The molecule has 5 nitrogen and oxygen atoms in total. The third-order valence-electron chi connectivity index (χ3n) is 6.40. The van der Waals surface area contributed by atoms with Crippen LogP contribution in [0.2, 0.25) is 5.02 Å². The van der Waals surface area contributed by atoms with Gasteiger partial charge in [0, 0.05) is 52.4 Å². The van der Waals surface area contributed by atoms with E-state index in [1.807, 2.05) is 78.6 Å². The van der Waals surface area contributed by atoms with Gasteiger partial charge in [-0.1, -0.05) is 60.1 Å². The number of aromatic nitrogens is 4. The van der Waals surface area contributed by atoms with E-state index in [1.165, 1.54) is 0 Å². The zero-order valence-electron chi connectivity index (χ0n) is 19.4. The topological polar surface area (TPSA) is 52.7 Å². The number of aryl methyl sites for hydroxylation is 1. The van der Waals surface area contributed by atoms with Crippen LogP contribution in [0.15, 0.2) is 108 Å². The number of halogens is 1. The Morgan fingerprint density at radius 1 is 0.944 bits per heavy atom. The van der Waals surface area contributed by atoms with Crippen LogP contribution >= 0.6 is 22.9 Å². The largest absolute Gasteiger partial charge is 0.326 e. The molecule has 0 bridgehead atoms. The lowest BCUT2D eigenvalue weighted by Crippen LogP contribution is -2.17. The minimum absolute atomic E-state index is 0.0643. The van der Waals surface area contributed by atoms with Crippen molar-refractivity contribution in [3.05, 3.63) is 129 Å². The lowest BCUT2D eigenvalue weighted by atomic mass is 9.95. The zero-order chi connectivity index (χ0) is 24.6. The summed E-state index contributed by atoms with van der Waals surface area (Å²) in [7, 11) is 1.80. The van der Waals surface area contributed by atoms with Gasteiger partial charge in [0.25, 0.3) is 5.56 Å². The summed E-state index contributed by atoms with van der Waals surface area (Å²) in [5.41, 5.74) is 5.74. The molecule has 0 fully saturated rings. The molecular weight excluding hydrogens is 488 g/mol. The smallest absolute Gasteiger partial charge is 0.251 e. The van der Waals surface area contributed by atoms with Crippen molar-refractivity contribution >= 4 is 33.8 Å². The van der Waals surface area contributed by atoms with Crippen molar-refractivity contribution in [1.82, 2.24) is 19.1 Å². The number of hydrogen-bond donors (Lipinski definition) is 0. The van der Waals surface area contributed by atoms with Gasteiger partial charge in [0.15, 0.2) is 0 Å². The average Bonchev–Trinajstić information content (AvgIpc) is 3.61.